The number of anilines is 1. The smallest absolute Gasteiger partial charge is 0.119 e. The number of hydrogen-bond donors (Lipinski definition) is 1. The van der Waals surface area contributed by atoms with E-state index in [-0.39, 0.29) is 0 Å². The summed E-state index contributed by atoms with van der Waals surface area (Å²) < 4.78 is 10.9. The van der Waals surface area contributed by atoms with Crippen LogP contribution in [-0.2, 0) is 17.8 Å². The van der Waals surface area contributed by atoms with Gasteiger partial charge in [-0.15, -0.1) is 0 Å². The van der Waals surface area contributed by atoms with Gasteiger partial charge in [0.1, 0.15) is 12.4 Å². The molecule has 3 heteroatoms. The van der Waals surface area contributed by atoms with Gasteiger partial charge in [-0.05, 0) is 48.2 Å². The highest BCUT2D eigenvalue weighted by Crippen LogP contribution is 2.19. The van der Waals surface area contributed by atoms with Crippen LogP contribution in [0.5, 0.6) is 5.75 Å². The number of benzene rings is 2. The topological polar surface area (TPSA) is 44.5 Å². The summed E-state index contributed by atoms with van der Waals surface area (Å²) >= 11 is 0. The molecule has 3 nitrogen and oxygen atoms in total. The SMILES string of the molecule is COCCc1ccc(OCc2cccc(N)c2C)cc1. The highest BCUT2D eigenvalue weighted by atomic mass is 16.5. The second-order valence-electron chi connectivity index (χ2n) is 4.81. The molecular formula is C17H21NO2. The average Bonchev–Trinajstić information content (AvgIpc) is 2.48. The molecule has 0 bridgehead atoms. The molecule has 0 aliphatic carbocycles. The molecule has 0 radical (unpaired) electrons. The van der Waals surface area contributed by atoms with Gasteiger partial charge >= 0.3 is 0 Å². The first-order valence-electron chi connectivity index (χ1n) is 6.75. The zero-order valence-corrected chi connectivity index (χ0v) is 12.1. The molecule has 0 aliphatic rings. The Hall–Kier alpha value is -2.00. The molecule has 2 rings (SSSR count). The van der Waals surface area contributed by atoms with Crippen LogP contribution in [0.4, 0.5) is 5.69 Å². The fourth-order valence-electron chi connectivity index (χ4n) is 1.99. The number of hydrogen-bond acceptors (Lipinski definition) is 3. The molecule has 0 fully saturated rings. The normalized spacial score (nSPS) is 10.5. The van der Waals surface area contributed by atoms with Crippen molar-refractivity contribution in [1.29, 1.82) is 0 Å². The molecule has 0 heterocycles. The molecule has 0 atom stereocenters. The van der Waals surface area contributed by atoms with E-state index in [0.717, 1.165) is 35.6 Å². The second-order valence-corrected chi connectivity index (χ2v) is 4.81. The summed E-state index contributed by atoms with van der Waals surface area (Å²) in [4.78, 5) is 0. The van der Waals surface area contributed by atoms with Crippen molar-refractivity contribution < 1.29 is 9.47 Å². The van der Waals surface area contributed by atoms with Crippen LogP contribution < -0.4 is 10.5 Å². The van der Waals surface area contributed by atoms with Crippen molar-refractivity contribution in [2.75, 3.05) is 19.5 Å². The zero-order valence-electron chi connectivity index (χ0n) is 12.1. The Morgan fingerprint density at radius 3 is 2.50 bits per heavy atom. The lowest BCUT2D eigenvalue weighted by Crippen LogP contribution is -2.01. The summed E-state index contributed by atoms with van der Waals surface area (Å²) in [6.07, 6.45) is 0.922. The summed E-state index contributed by atoms with van der Waals surface area (Å²) in [5, 5.41) is 0. The molecule has 2 N–H and O–H groups in total. The summed E-state index contributed by atoms with van der Waals surface area (Å²) in [6.45, 7) is 3.29. The van der Waals surface area contributed by atoms with E-state index in [1.165, 1.54) is 5.56 Å². The molecule has 0 saturated carbocycles. The molecule has 2 aromatic carbocycles. The number of ether oxygens (including phenoxy) is 2. The molecule has 0 unspecified atom stereocenters. The minimum absolute atomic E-state index is 0.536. The van der Waals surface area contributed by atoms with Gasteiger partial charge < -0.3 is 15.2 Å². The minimum atomic E-state index is 0.536. The molecule has 0 aliphatic heterocycles. The van der Waals surface area contributed by atoms with Crippen molar-refractivity contribution in [3.05, 3.63) is 59.2 Å². The van der Waals surface area contributed by atoms with Gasteiger partial charge in [0.25, 0.3) is 0 Å². The average molecular weight is 271 g/mol. The Balaban J connectivity index is 1.95. The maximum atomic E-state index is 5.89. The van der Waals surface area contributed by atoms with Crippen LogP contribution in [0.3, 0.4) is 0 Å². The highest BCUT2D eigenvalue weighted by molar-refractivity contribution is 5.49. The van der Waals surface area contributed by atoms with E-state index in [0.29, 0.717) is 6.61 Å². The van der Waals surface area contributed by atoms with Crippen LogP contribution >= 0.6 is 0 Å². The fourth-order valence-corrected chi connectivity index (χ4v) is 1.99. The van der Waals surface area contributed by atoms with Gasteiger partial charge in [0, 0.05) is 12.8 Å². The Bertz CT molecular complexity index is 549. The van der Waals surface area contributed by atoms with Gasteiger partial charge in [-0.25, -0.2) is 0 Å². The molecule has 0 spiro atoms. The van der Waals surface area contributed by atoms with Crippen LogP contribution in [0.1, 0.15) is 16.7 Å². The standard InChI is InChI=1S/C17H21NO2/c1-13-15(4-3-5-17(13)18)12-20-16-8-6-14(7-9-16)10-11-19-2/h3-9H,10-12,18H2,1-2H3. The number of nitrogen functional groups attached to an aromatic ring is 1. The summed E-state index contributed by atoms with van der Waals surface area (Å²) in [5.74, 6) is 0.869. The number of nitrogens with two attached hydrogens (primary N) is 1. The Morgan fingerprint density at radius 2 is 1.80 bits per heavy atom. The lowest BCUT2D eigenvalue weighted by Gasteiger charge is -2.10. The minimum Gasteiger partial charge on any atom is -0.489 e. The van der Waals surface area contributed by atoms with Crippen molar-refractivity contribution >= 4 is 5.69 Å². The van der Waals surface area contributed by atoms with Crippen LogP contribution in [0.2, 0.25) is 0 Å². The Morgan fingerprint density at radius 1 is 1.05 bits per heavy atom. The van der Waals surface area contributed by atoms with Crippen LogP contribution in [0.15, 0.2) is 42.5 Å². The Kier molecular flexibility index (Phi) is 5.02. The molecule has 106 valence electrons. The number of methoxy groups -OCH3 is 1. The first-order chi connectivity index (χ1) is 9.70. The lowest BCUT2D eigenvalue weighted by molar-refractivity contribution is 0.202. The van der Waals surface area contributed by atoms with Gasteiger partial charge in [-0.1, -0.05) is 24.3 Å². The van der Waals surface area contributed by atoms with Gasteiger partial charge in [0.2, 0.25) is 0 Å². The third kappa shape index (κ3) is 3.75. The van der Waals surface area contributed by atoms with Gasteiger partial charge in [-0.3, -0.25) is 0 Å². The van der Waals surface area contributed by atoms with Crippen LogP contribution in [0, 0.1) is 6.92 Å². The van der Waals surface area contributed by atoms with Crippen LogP contribution in [-0.4, -0.2) is 13.7 Å². The highest BCUT2D eigenvalue weighted by Gasteiger charge is 2.02. The second kappa shape index (κ2) is 6.96. The van der Waals surface area contributed by atoms with E-state index in [1.807, 2.05) is 37.3 Å². The Labute approximate surface area is 120 Å². The van der Waals surface area contributed by atoms with E-state index >= 15 is 0 Å². The van der Waals surface area contributed by atoms with Crippen molar-refractivity contribution in [2.45, 2.75) is 20.0 Å². The summed E-state index contributed by atoms with van der Waals surface area (Å²) in [7, 11) is 1.71. The van der Waals surface area contributed by atoms with E-state index in [4.69, 9.17) is 15.2 Å². The maximum absolute atomic E-state index is 5.89. The third-order valence-electron chi connectivity index (χ3n) is 3.40. The van der Waals surface area contributed by atoms with E-state index in [2.05, 4.69) is 12.1 Å². The van der Waals surface area contributed by atoms with Crippen molar-refractivity contribution in [1.82, 2.24) is 0 Å². The van der Waals surface area contributed by atoms with Crippen molar-refractivity contribution in [2.24, 2.45) is 0 Å². The monoisotopic (exact) mass is 271 g/mol. The van der Waals surface area contributed by atoms with E-state index in [9.17, 15) is 0 Å². The molecule has 20 heavy (non-hydrogen) atoms. The number of rotatable bonds is 6. The van der Waals surface area contributed by atoms with E-state index < -0.39 is 0 Å². The lowest BCUT2D eigenvalue weighted by atomic mass is 10.1. The predicted molar refractivity (Wildman–Crippen MR) is 81.9 cm³/mol. The van der Waals surface area contributed by atoms with Gasteiger partial charge in [0.15, 0.2) is 0 Å². The maximum Gasteiger partial charge on any atom is 0.119 e. The fraction of sp³-hybridized carbons (Fsp3) is 0.294. The summed E-state index contributed by atoms with van der Waals surface area (Å²) in [5.41, 5.74) is 10.2. The third-order valence-corrected chi connectivity index (χ3v) is 3.40. The molecule has 0 aromatic heterocycles. The van der Waals surface area contributed by atoms with Crippen molar-refractivity contribution in [3.63, 3.8) is 0 Å². The molecule has 2 aromatic rings. The first kappa shape index (κ1) is 14.4. The predicted octanol–water partition coefficient (Wildman–Crippen LogP) is 3.35. The molecule has 0 amide bonds. The van der Waals surface area contributed by atoms with Gasteiger partial charge in [0.05, 0.1) is 6.61 Å². The first-order valence-corrected chi connectivity index (χ1v) is 6.75. The molecule has 0 saturated heterocycles. The molecular weight excluding hydrogens is 250 g/mol. The summed E-state index contributed by atoms with van der Waals surface area (Å²) in [6, 6.07) is 14.0. The largest absolute Gasteiger partial charge is 0.489 e. The van der Waals surface area contributed by atoms with Gasteiger partial charge in [-0.2, -0.15) is 0 Å². The quantitative estimate of drug-likeness (QED) is 0.819. The van der Waals surface area contributed by atoms with Crippen molar-refractivity contribution in [3.8, 4) is 5.75 Å². The zero-order chi connectivity index (χ0) is 14.4. The van der Waals surface area contributed by atoms with E-state index in [1.54, 1.807) is 7.11 Å². The van der Waals surface area contributed by atoms with Crippen LogP contribution in [0.25, 0.3) is 0 Å².